The van der Waals surface area contributed by atoms with E-state index in [9.17, 15) is 9.59 Å². The van der Waals surface area contributed by atoms with E-state index in [0.29, 0.717) is 6.61 Å². The first kappa shape index (κ1) is 20.5. The van der Waals surface area contributed by atoms with E-state index in [2.05, 4.69) is 22.2 Å². The van der Waals surface area contributed by atoms with Crippen molar-refractivity contribution in [2.75, 3.05) is 6.61 Å². The average Bonchev–Trinajstić information content (AvgIpc) is 2.65. The van der Waals surface area contributed by atoms with Gasteiger partial charge in [-0.15, -0.1) is 0 Å². The largest absolute Gasteiger partial charge is 0.494 e. The molecule has 9 heteroatoms. The maximum Gasteiger partial charge on any atom is 0.303 e. The Balaban J connectivity index is 2.08. The number of nitrogens with zero attached hydrogens (tertiary/aromatic N) is 3. The molecule has 0 atom stereocenters. The minimum Gasteiger partial charge on any atom is -0.494 e. The second-order valence-corrected chi connectivity index (χ2v) is 6.24. The molecule has 0 saturated carbocycles. The molecule has 0 spiro atoms. The van der Waals surface area contributed by atoms with Crippen LogP contribution in [0, 0.1) is 4.77 Å². The fourth-order valence-electron chi connectivity index (χ4n) is 2.23. The monoisotopic (exact) mass is 390 g/mol. The molecule has 1 aromatic heterocycles. The average molecular weight is 390 g/mol. The number of rotatable bonds is 10. The number of ether oxygens (including phenoxy) is 1. The molecule has 144 valence electrons. The molecule has 0 aliphatic rings. The van der Waals surface area contributed by atoms with Gasteiger partial charge in [-0.1, -0.05) is 19.8 Å². The third-order valence-corrected chi connectivity index (χ3v) is 3.98. The summed E-state index contributed by atoms with van der Waals surface area (Å²) in [4.78, 5) is 23.0. The molecule has 1 heterocycles. The van der Waals surface area contributed by atoms with E-state index in [1.807, 2.05) is 24.3 Å². The van der Waals surface area contributed by atoms with Crippen molar-refractivity contribution in [2.45, 2.75) is 39.0 Å². The maximum atomic E-state index is 12.3. The van der Waals surface area contributed by atoms with Crippen LogP contribution in [0.5, 0.6) is 5.75 Å². The van der Waals surface area contributed by atoms with Crippen molar-refractivity contribution in [2.24, 2.45) is 5.10 Å². The van der Waals surface area contributed by atoms with Gasteiger partial charge in [-0.3, -0.25) is 14.7 Å². The summed E-state index contributed by atoms with van der Waals surface area (Å²) in [6, 6.07) is 7.31. The van der Waals surface area contributed by atoms with Gasteiger partial charge in [-0.05, 0) is 48.5 Å². The molecule has 0 radical (unpaired) electrons. The summed E-state index contributed by atoms with van der Waals surface area (Å²) < 4.78 is 6.68. The molecule has 2 rings (SSSR count). The number of carbonyl (C=O) groups is 1. The molecular weight excluding hydrogens is 368 g/mol. The van der Waals surface area contributed by atoms with E-state index in [1.165, 1.54) is 6.21 Å². The molecule has 2 N–H and O–H groups in total. The zero-order valence-corrected chi connectivity index (χ0v) is 15.9. The minimum atomic E-state index is -1.01. The molecular formula is C18H22N4O4S. The fraction of sp³-hybridized carbons (Fsp3) is 0.389. The Morgan fingerprint density at radius 3 is 2.78 bits per heavy atom. The van der Waals surface area contributed by atoms with Crippen LogP contribution in [0.3, 0.4) is 0 Å². The Morgan fingerprint density at radius 2 is 2.11 bits per heavy atom. The van der Waals surface area contributed by atoms with Crippen LogP contribution in [-0.2, 0) is 11.2 Å². The third kappa shape index (κ3) is 6.45. The van der Waals surface area contributed by atoms with Gasteiger partial charge in [-0.2, -0.15) is 14.9 Å². The second-order valence-electron chi connectivity index (χ2n) is 5.86. The number of aromatic nitrogens is 3. The molecule has 0 bridgehead atoms. The predicted octanol–water partition coefficient (Wildman–Crippen LogP) is 2.77. The third-order valence-electron chi connectivity index (χ3n) is 3.71. The van der Waals surface area contributed by atoms with Crippen LogP contribution in [0.4, 0.5) is 0 Å². The molecule has 1 aromatic carbocycles. The Morgan fingerprint density at radius 1 is 1.37 bits per heavy atom. The zero-order chi connectivity index (χ0) is 19.6. The Hall–Kier alpha value is -2.81. The maximum absolute atomic E-state index is 12.3. The number of H-pyrrole nitrogens is 1. The van der Waals surface area contributed by atoms with Gasteiger partial charge in [-0.25, -0.2) is 0 Å². The van der Waals surface area contributed by atoms with E-state index >= 15 is 0 Å². The van der Waals surface area contributed by atoms with E-state index < -0.39 is 11.5 Å². The molecule has 0 aliphatic carbocycles. The minimum absolute atomic E-state index is 0.000132. The number of carboxylic acids is 1. The summed E-state index contributed by atoms with van der Waals surface area (Å²) >= 11 is 5.04. The molecule has 0 saturated heterocycles. The van der Waals surface area contributed by atoms with E-state index in [4.69, 9.17) is 22.1 Å². The van der Waals surface area contributed by atoms with Crippen molar-refractivity contribution >= 4 is 24.4 Å². The summed E-state index contributed by atoms with van der Waals surface area (Å²) in [6.45, 7) is 2.82. The number of aromatic amines is 1. The number of benzene rings is 1. The Labute approximate surface area is 161 Å². The van der Waals surface area contributed by atoms with Crippen molar-refractivity contribution in [3.63, 3.8) is 0 Å². The van der Waals surface area contributed by atoms with Gasteiger partial charge in [0, 0.05) is 6.42 Å². The Kier molecular flexibility index (Phi) is 7.87. The van der Waals surface area contributed by atoms with Crippen LogP contribution < -0.4 is 10.3 Å². The highest BCUT2D eigenvalue weighted by atomic mass is 32.1. The predicted molar refractivity (Wildman–Crippen MR) is 104 cm³/mol. The molecule has 27 heavy (non-hydrogen) atoms. The molecule has 0 aliphatic heterocycles. The zero-order valence-electron chi connectivity index (χ0n) is 15.1. The molecule has 0 amide bonds. The number of hydrogen-bond acceptors (Lipinski definition) is 6. The topological polar surface area (TPSA) is 110 Å². The van der Waals surface area contributed by atoms with Gasteiger partial charge in [0.1, 0.15) is 11.4 Å². The number of hydrogen-bond donors (Lipinski definition) is 2. The van der Waals surface area contributed by atoms with E-state index in [0.717, 1.165) is 35.3 Å². The summed E-state index contributed by atoms with van der Waals surface area (Å²) in [5.41, 5.74) is 0.298. The van der Waals surface area contributed by atoms with Crippen molar-refractivity contribution in [1.29, 1.82) is 0 Å². The van der Waals surface area contributed by atoms with E-state index in [-0.39, 0.29) is 23.3 Å². The first-order chi connectivity index (χ1) is 13.0. The first-order valence-electron chi connectivity index (χ1n) is 8.71. The van der Waals surface area contributed by atoms with Gasteiger partial charge in [0.25, 0.3) is 5.56 Å². The molecule has 2 aromatic rings. The first-order valence-corrected chi connectivity index (χ1v) is 9.11. The van der Waals surface area contributed by atoms with Crippen molar-refractivity contribution in [1.82, 2.24) is 14.9 Å². The summed E-state index contributed by atoms with van der Waals surface area (Å²) in [5, 5.41) is 19.1. The van der Waals surface area contributed by atoms with Gasteiger partial charge in [0.05, 0.1) is 19.2 Å². The van der Waals surface area contributed by atoms with Crippen LogP contribution in [-0.4, -0.2) is 38.8 Å². The quantitative estimate of drug-likeness (QED) is 0.367. The number of carboxylic acid groups (broad SMARTS) is 1. The number of nitrogens with one attached hydrogen (secondary N) is 1. The number of aliphatic carboxylic acids is 1. The van der Waals surface area contributed by atoms with Gasteiger partial charge >= 0.3 is 5.97 Å². The van der Waals surface area contributed by atoms with Crippen LogP contribution in [0.1, 0.15) is 43.9 Å². The number of unbranched alkanes of at least 4 members (excludes halogenated alkanes) is 2. The second kappa shape index (κ2) is 10.4. The highest BCUT2D eigenvalue weighted by Gasteiger charge is 2.08. The van der Waals surface area contributed by atoms with Gasteiger partial charge in [0.2, 0.25) is 4.77 Å². The van der Waals surface area contributed by atoms with Crippen molar-refractivity contribution < 1.29 is 14.6 Å². The SMILES string of the molecule is CCCCCOc1ccc(/C=N\n2c(=S)[nH]nc(CCC(=O)O)c2=O)cc1. The molecule has 8 nitrogen and oxygen atoms in total. The van der Waals surface area contributed by atoms with Crippen molar-refractivity contribution in [3.05, 3.63) is 50.6 Å². The van der Waals surface area contributed by atoms with Crippen LogP contribution in [0.2, 0.25) is 0 Å². The van der Waals surface area contributed by atoms with Crippen LogP contribution in [0.25, 0.3) is 0 Å². The number of aryl methyl sites for hydroxylation is 1. The fourth-order valence-corrected chi connectivity index (χ4v) is 2.41. The van der Waals surface area contributed by atoms with E-state index in [1.54, 1.807) is 0 Å². The summed E-state index contributed by atoms with van der Waals surface area (Å²) in [6.07, 6.45) is 4.60. The van der Waals surface area contributed by atoms with Crippen LogP contribution in [0.15, 0.2) is 34.2 Å². The van der Waals surface area contributed by atoms with Gasteiger partial charge in [0.15, 0.2) is 0 Å². The van der Waals surface area contributed by atoms with Crippen LogP contribution >= 0.6 is 12.2 Å². The smallest absolute Gasteiger partial charge is 0.303 e. The lowest BCUT2D eigenvalue weighted by Gasteiger charge is -2.05. The Bertz CT molecular complexity index is 903. The molecule has 0 fully saturated rings. The standard InChI is InChI=1S/C18H22N4O4S/c1-2-3-4-11-26-14-7-5-13(6-8-14)12-19-22-17(25)15(9-10-16(23)24)20-21-18(22)27/h5-8,12H,2-4,9-11H2,1H3,(H,21,27)(H,23,24)/b19-12-. The normalized spacial score (nSPS) is 11.0. The lowest BCUT2D eigenvalue weighted by Crippen LogP contribution is -2.25. The van der Waals surface area contributed by atoms with Gasteiger partial charge < -0.3 is 9.84 Å². The summed E-state index contributed by atoms with van der Waals surface area (Å²) in [7, 11) is 0. The highest BCUT2D eigenvalue weighted by Crippen LogP contribution is 2.12. The lowest BCUT2D eigenvalue weighted by atomic mass is 10.2. The lowest BCUT2D eigenvalue weighted by molar-refractivity contribution is -0.136. The highest BCUT2D eigenvalue weighted by molar-refractivity contribution is 7.71. The molecule has 0 unspecified atom stereocenters. The summed E-state index contributed by atoms with van der Waals surface area (Å²) in [5.74, 6) is -0.233. The van der Waals surface area contributed by atoms with Crippen molar-refractivity contribution in [3.8, 4) is 5.75 Å².